The van der Waals surface area contributed by atoms with Gasteiger partial charge in [-0.2, -0.15) is 0 Å². The lowest BCUT2D eigenvalue weighted by Gasteiger charge is -2.14. The molecule has 3 N–H and O–H groups in total. The fourth-order valence-electron chi connectivity index (χ4n) is 2.80. The van der Waals surface area contributed by atoms with Crippen molar-refractivity contribution in [3.05, 3.63) is 58.6 Å². The summed E-state index contributed by atoms with van der Waals surface area (Å²) in [6.45, 7) is 10.2. The van der Waals surface area contributed by atoms with Crippen LogP contribution in [0.15, 0.2) is 42.5 Å². The van der Waals surface area contributed by atoms with Gasteiger partial charge in [0.15, 0.2) is 0 Å². The highest BCUT2D eigenvalue weighted by molar-refractivity contribution is 6.32. The predicted octanol–water partition coefficient (Wildman–Crippen LogP) is 4.73. The molecule has 0 aromatic heterocycles. The minimum Gasteiger partial charge on any atom is -0.489 e. The summed E-state index contributed by atoms with van der Waals surface area (Å²) < 4.78 is 10.5. The molecule has 2 rings (SSSR count). The van der Waals surface area contributed by atoms with Crippen LogP contribution in [0, 0.1) is 12.8 Å². The Kier molecular flexibility index (Phi) is 13.3. The lowest BCUT2D eigenvalue weighted by atomic mass is 10.1. The van der Waals surface area contributed by atoms with E-state index in [9.17, 15) is 14.4 Å². The number of likely N-dealkylation sites (N-methyl/N-ethyl adjacent to an activating group) is 1. The maximum Gasteiger partial charge on any atom is 0.411 e. The SMILES string of the molecule is CNC(=O)C(Cc1ccc(NC(=O)OCC(C)C)cc1)NC=O.Cc1ccc(OC(C)C)c(Cl)c1. The molecule has 35 heavy (non-hydrogen) atoms. The highest BCUT2D eigenvalue weighted by Crippen LogP contribution is 2.25. The van der Waals surface area contributed by atoms with Crippen LogP contribution in [0.1, 0.15) is 38.8 Å². The zero-order valence-corrected chi connectivity index (χ0v) is 21.9. The van der Waals surface area contributed by atoms with Gasteiger partial charge < -0.3 is 20.1 Å². The van der Waals surface area contributed by atoms with E-state index in [0.717, 1.165) is 16.9 Å². The number of rotatable bonds is 10. The van der Waals surface area contributed by atoms with Crippen LogP contribution in [0.5, 0.6) is 5.75 Å². The summed E-state index contributed by atoms with van der Waals surface area (Å²) in [5.41, 5.74) is 2.60. The third-order valence-corrected chi connectivity index (χ3v) is 4.77. The first-order chi connectivity index (χ1) is 16.5. The molecule has 0 saturated heterocycles. The molecule has 0 aliphatic carbocycles. The maximum atomic E-state index is 11.6. The second kappa shape index (κ2) is 15.6. The first-order valence-electron chi connectivity index (χ1n) is 11.4. The molecule has 0 heterocycles. The Hall–Kier alpha value is -3.26. The van der Waals surface area contributed by atoms with E-state index in [2.05, 4.69) is 16.0 Å². The van der Waals surface area contributed by atoms with Crippen LogP contribution in [0.4, 0.5) is 10.5 Å². The maximum absolute atomic E-state index is 11.6. The molecule has 1 atom stereocenters. The van der Waals surface area contributed by atoms with Crippen molar-refractivity contribution in [1.29, 1.82) is 0 Å². The molecule has 9 heteroatoms. The van der Waals surface area contributed by atoms with Crippen molar-refractivity contribution in [3.63, 3.8) is 0 Å². The fraction of sp³-hybridized carbons (Fsp3) is 0.423. The summed E-state index contributed by atoms with van der Waals surface area (Å²) in [5, 5.41) is 8.28. The monoisotopic (exact) mass is 505 g/mol. The van der Waals surface area contributed by atoms with E-state index < -0.39 is 12.1 Å². The molecular weight excluding hydrogens is 470 g/mol. The van der Waals surface area contributed by atoms with Gasteiger partial charge in [-0.25, -0.2) is 4.79 Å². The summed E-state index contributed by atoms with van der Waals surface area (Å²) in [7, 11) is 1.51. The van der Waals surface area contributed by atoms with Crippen molar-refractivity contribution in [1.82, 2.24) is 10.6 Å². The Bertz CT molecular complexity index is 949. The van der Waals surface area contributed by atoms with E-state index in [4.69, 9.17) is 21.1 Å². The van der Waals surface area contributed by atoms with Gasteiger partial charge in [-0.15, -0.1) is 0 Å². The molecular formula is C26H36ClN3O5. The fourth-order valence-corrected chi connectivity index (χ4v) is 3.07. The molecule has 0 bridgehead atoms. The van der Waals surface area contributed by atoms with Gasteiger partial charge in [0.2, 0.25) is 12.3 Å². The molecule has 0 aliphatic heterocycles. The van der Waals surface area contributed by atoms with Gasteiger partial charge in [-0.05, 0) is 62.1 Å². The van der Waals surface area contributed by atoms with Gasteiger partial charge in [-0.3, -0.25) is 14.9 Å². The highest BCUT2D eigenvalue weighted by atomic mass is 35.5. The van der Waals surface area contributed by atoms with Gasteiger partial charge in [0.05, 0.1) is 17.7 Å². The molecule has 8 nitrogen and oxygen atoms in total. The predicted molar refractivity (Wildman–Crippen MR) is 139 cm³/mol. The average molecular weight is 506 g/mol. The van der Waals surface area contributed by atoms with Crippen LogP contribution in [0.3, 0.4) is 0 Å². The van der Waals surface area contributed by atoms with E-state index in [-0.39, 0.29) is 17.9 Å². The van der Waals surface area contributed by atoms with E-state index in [1.165, 1.54) is 7.05 Å². The van der Waals surface area contributed by atoms with Crippen molar-refractivity contribution >= 4 is 35.7 Å². The van der Waals surface area contributed by atoms with E-state index in [0.29, 0.717) is 30.1 Å². The van der Waals surface area contributed by atoms with Crippen LogP contribution in [0.25, 0.3) is 0 Å². The Morgan fingerprint density at radius 2 is 1.71 bits per heavy atom. The molecule has 192 valence electrons. The van der Waals surface area contributed by atoms with Crippen molar-refractivity contribution in [2.45, 2.75) is 53.2 Å². The van der Waals surface area contributed by atoms with Crippen molar-refractivity contribution in [2.24, 2.45) is 5.92 Å². The molecule has 0 fully saturated rings. The molecule has 1 unspecified atom stereocenters. The number of amides is 3. The zero-order chi connectivity index (χ0) is 26.4. The highest BCUT2D eigenvalue weighted by Gasteiger charge is 2.16. The number of anilines is 1. The number of carbonyl (C=O) groups is 3. The molecule has 3 amide bonds. The minimum atomic E-state index is -0.632. The van der Waals surface area contributed by atoms with Crippen molar-refractivity contribution in [3.8, 4) is 5.75 Å². The van der Waals surface area contributed by atoms with Gasteiger partial charge >= 0.3 is 6.09 Å². The lowest BCUT2D eigenvalue weighted by molar-refractivity contribution is -0.124. The largest absolute Gasteiger partial charge is 0.489 e. The standard InChI is InChI=1S/C16H23N3O4.C10H13ClO/c1-11(2)9-23-16(22)19-13-6-4-12(5-7-13)8-14(18-10-20)15(21)17-3;1-7(2)12-10-5-4-8(3)6-9(10)11/h4-7,10-11,14H,8-9H2,1-3H3,(H,17,21)(H,18,20)(H,19,22);4-7H,1-3H3. The van der Waals surface area contributed by atoms with Crippen LogP contribution >= 0.6 is 11.6 Å². The molecule has 0 saturated carbocycles. The normalized spacial score (nSPS) is 11.1. The van der Waals surface area contributed by atoms with Crippen LogP contribution < -0.4 is 20.7 Å². The summed E-state index contributed by atoms with van der Waals surface area (Å²) in [4.78, 5) is 33.8. The Morgan fingerprint density at radius 3 is 2.23 bits per heavy atom. The number of benzene rings is 2. The number of ether oxygens (including phenoxy) is 2. The van der Waals surface area contributed by atoms with Crippen LogP contribution in [-0.2, 0) is 20.7 Å². The second-order valence-electron chi connectivity index (χ2n) is 8.57. The number of aryl methyl sites for hydroxylation is 1. The number of halogens is 1. The number of hydrogen-bond donors (Lipinski definition) is 3. The molecule has 2 aromatic rings. The van der Waals surface area contributed by atoms with Crippen molar-refractivity contribution in [2.75, 3.05) is 19.0 Å². The summed E-state index contributed by atoms with van der Waals surface area (Å²) in [6, 6.07) is 12.1. The van der Waals surface area contributed by atoms with E-state index in [1.807, 2.05) is 52.8 Å². The number of nitrogens with one attached hydrogen (secondary N) is 3. The summed E-state index contributed by atoms with van der Waals surface area (Å²) >= 11 is 5.95. The number of hydrogen-bond acceptors (Lipinski definition) is 5. The third-order valence-electron chi connectivity index (χ3n) is 4.47. The van der Waals surface area contributed by atoms with Gasteiger partial charge in [0.1, 0.15) is 11.8 Å². The average Bonchev–Trinajstić information content (AvgIpc) is 2.80. The minimum absolute atomic E-state index is 0.171. The summed E-state index contributed by atoms with van der Waals surface area (Å²) in [6.07, 6.45) is 0.527. The number of carbonyl (C=O) groups excluding carboxylic acids is 3. The Morgan fingerprint density at radius 1 is 1.06 bits per heavy atom. The Labute approximate surface area is 212 Å². The van der Waals surface area contributed by atoms with Crippen LogP contribution in [0.2, 0.25) is 5.02 Å². The summed E-state index contributed by atoms with van der Waals surface area (Å²) in [5.74, 6) is 0.768. The first-order valence-corrected chi connectivity index (χ1v) is 11.8. The van der Waals surface area contributed by atoms with E-state index in [1.54, 1.807) is 24.3 Å². The van der Waals surface area contributed by atoms with Crippen molar-refractivity contribution < 1.29 is 23.9 Å². The van der Waals surface area contributed by atoms with Gasteiger partial charge in [0.25, 0.3) is 0 Å². The molecule has 2 aromatic carbocycles. The molecule has 0 aliphatic rings. The molecule has 0 spiro atoms. The smallest absolute Gasteiger partial charge is 0.411 e. The topological polar surface area (TPSA) is 106 Å². The molecule has 0 radical (unpaired) electrons. The second-order valence-corrected chi connectivity index (χ2v) is 8.98. The quantitative estimate of drug-likeness (QED) is 0.405. The van der Waals surface area contributed by atoms with Crippen LogP contribution in [-0.4, -0.2) is 44.2 Å². The van der Waals surface area contributed by atoms with Gasteiger partial charge in [0, 0.05) is 19.2 Å². The first kappa shape index (κ1) is 29.8. The van der Waals surface area contributed by atoms with E-state index >= 15 is 0 Å². The lowest BCUT2D eigenvalue weighted by Crippen LogP contribution is -2.43. The third kappa shape index (κ3) is 12.1. The van der Waals surface area contributed by atoms with Gasteiger partial charge in [-0.1, -0.05) is 43.6 Å². The Balaban J connectivity index is 0.000000427. The zero-order valence-electron chi connectivity index (χ0n) is 21.2.